The third-order valence-electron chi connectivity index (χ3n) is 4.03. The number of likely N-dealkylation sites (tertiary alicyclic amines) is 1. The van der Waals surface area contributed by atoms with Gasteiger partial charge in [0, 0.05) is 32.3 Å². The summed E-state index contributed by atoms with van der Waals surface area (Å²) in [5.41, 5.74) is 0.662. The number of aromatic nitrogens is 1. The molecule has 8 heteroatoms. The van der Waals surface area contributed by atoms with Crippen molar-refractivity contribution >= 4 is 15.9 Å². The van der Waals surface area contributed by atoms with Gasteiger partial charge in [-0.25, -0.2) is 13.1 Å². The van der Waals surface area contributed by atoms with Gasteiger partial charge in [-0.2, -0.15) is 0 Å². The van der Waals surface area contributed by atoms with Crippen LogP contribution in [0.3, 0.4) is 0 Å². The van der Waals surface area contributed by atoms with E-state index in [1.165, 1.54) is 0 Å². The maximum absolute atomic E-state index is 12.0. The van der Waals surface area contributed by atoms with Crippen LogP contribution in [0, 0.1) is 5.92 Å². The maximum Gasteiger partial charge on any atom is 0.223 e. The lowest BCUT2D eigenvalue weighted by Crippen LogP contribution is -2.41. The van der Waals surface area contributed by atoms with E-state index in [0.717, 1.165) is 6.26 Å². The first-order valence-corrected chi connectivity index (χ1v) is 9.57. The summed E-state index contributed by atoms with van der Waals surface area (Å²) in [6, 6.07) is 5.46. The SMILES string of the molecule is CS(=O)(=O)NCCC(=O)N1CCC([C@H](O)c2ccccn2)CC1. The molecule has 1 aliphatic rings. The van der Waals surface area contributed by atoms with E-state index in [9.17, 15) is 18.3 Å². The highest BCUT2D eigenvalue weighted by atomic mass is 32.2. The van der Waals surface area contributed by atoms with Gasteiger partial charge in [0.2, 0.25) is 15.9 Å². The highest BCUT2D eigenvalue weighted by molar-refractivity contribution is 7.88. The lowest BCUT2D eigenvalue weighted by Gasteiger charge is -2.34. The van der Waals surface area contributed by atoms with Gasteiger partial charge in [0.15, 0.2) is 0 Å². The average Bonchev–Trinajstić information content (AvgIpc) is 2.54. The van der Waals surface area contributed by atoms with Gasteiger partial charge in [-0.1, -0.05) is 6.07 Å². The van der Waals surface area contributed by atoms with Crippen molar-refractivity contribution in [3.63, 3.8) is 0 Å². The molecular formula is C15H23N3O4S. The number of aliphatic hydroxyl groups excluding tert-OH is 1. The van der Waals surface area contributed by atoms with E-state index >= 15 is 0 Å². The molecule has 2 N–H and O–H groups in total. The molecule has 1 saturated heterocycles. The third-order valence-corrected chi connectivity index (χ3v) is 4.76. The number of hydrogen-bond donors (Lipinski definition) is 2. The molecule has 0 bridgehead atoms. The van der Waals surface area contributed by atoms with Crippen LogP contribution in [0.25, 0.3) is 0 Å². The molecule has 2 heterocycles. The molecule has 128 valence electrons. The number of pyridine rings is 1. The lowest BCUT2D eigenvalue weighted by atomic mass is 9.89. The van der Waals surface area contributed by atoms with Crippen LogP contribution in [0.4, 0.5) is 0 Å². The Labute approximate surface area is 136 Å². The summed E-state index contributed by atoms with van der Waals surface area (Å²) < 4.78 is 24.3. The van der Waals surface area contributed by atoms with Gasteiger partial charge in [0.1, 0.15) is 0 Å². The minimum Gasteiger partial charge on any atom is -0.387 e. The number of nitrogens with zero attached hydrogens (tertiary/aromatic N) is 2. The fraction of sp³-hybridized carbons (Fsp3) is 0.600. The van der Waals surface area contributed by atoms with Crippen LogP contribution in [0.5, 0.6) is 0 Å². The Morgan fingerprint density at radius 3 is 2.70 bits per heavy atom. The molecule has 0 spiro atoms. The second-order valence-corrected chi connectivity index (χ2v) is 7.67. The summed E-state index contributed by atoms with van der Waals surface area (Å²) in [6.07, 6.45) is 3.70. The summed E-state index contributed by atoms with van der Waals surface area (Å²) in [5.74, 6) is 0.0232. The molecule has 23 heavy (non-hydrogen) atoms. The molecule has 1 aromatic heterocycles. The monoisotopic (exact) mass is 341 g/mol. The second-order valence-electron chi connectivity index (χ2n) is 5.83. The number of rotatable bonds is 6. The van der Waals surface area contributed by atoms with Crippen molar-refractivity contribution in [2.45, 2.75) is 25.4 Å². The fourth-order valence-corrected chi connectivity index (χ4v) is 3.23. The Morgan fingerprint density at radius 2 is 2.13 bits per heavy atom. The van der Waals surface area contributed by atoms with Crippen LogP contribution in [-0.2, 0) is 14.8 Å². The third kappa shape index (κ3) is 5.56. The predicted molar refractivity (Wildman–Crippen MR) is 86.0 cm³/mol. The number of hydrogen-bond acceptors (Lipinski definition) is 5. The Bertz CT molecular complexity index is 613. The van der Waals surface area contributed by atoms with Crippen molar-refractivity contribution in [2.24, 2.45) is 5.92 Å². The quantitative estimate of drug-likeness (QED) is 0.775. The molecule has 7 nitrogen and oxygen atoms in total. The zero-order valence-electron chi connectivity index (χ0n) is 13.2. The van der Waals surface area contributed by atoms with Crippen LogP contribution < -0.4 is 4.72 Å². The van der Waals surface area contributed by atoms with Crippen LogP contribution in [0.1, 0.15) is 31.1 Å². The van der Waals surface area contributed by atoms with E-state index in [4.69, 9.17) is 0 Å². The Hall–Kier alpha value is -1.51. The summed E-state index contributed by atoms with van der Waals surface area (Å²) in [5, 5.41) is 10.4. The van der Waals surface area contributed by atoms with Crippen LogP contribution in [0.15, 0.2) is 24.4 Å². The van der Waals surface area contributed by atoms with Crippen molar-refractivity contribution < 1.29 is 18.3 Å². The normalized spacial score (nSPS) is 17.9. The van der Waals surface area contributed by atoms with Crippen LogP contribution in [-0.4, -0.2) is 55.2 Å². The molecule has 1 amide bonds. The molecule has 0 unspecified atom stereocenters. The smallest absolute Gasteiger partial charge is 0.223 e. The fourth-order valence-electron chi connectivity index (χ4n) is 2.76. The van der Waals surface area contributed by atoms with E-state index < -0.39 is 16.1 Å². The van der Waals surface area contributed by atoms with Crippen molar-refractivity contribution in [2.75, 3.05) is 25.9 Å². The number of aliphatic hydroxyl groups is 1. The van der Waals surface area contributed by atoms with Gasteiger partial charge >= 0.3 is 0 Å². The zero-order chi connectivity index (χ0) is 16.9. The van der Waals surface area contributed by atoms with Crippen LogP contribution in [0.2, 0.25) is 0 Å². The minimum absolute atomic E-state index is 0.0630. The molecule has 0 saturated carbocycles. The molecule has 0 radical (unpaired) electrons. The van der Waals surface area contributed by atoms with Gasteiger partial charge in [0.25, 0.3) is 0 Å². The first kappa shape index (κ1) is 17.8. The van der Waals surface area contributed by atoms with E-state index in [-0.39, 0.29) is 24.8 Å². The summed E-state index contributed by atoms with van der Waals surface area (Å²) in [7, 11) is -3.26. The van der Waals surface area contributed by atoms with E-state index in [1.807, 2.05) is 12.1 Å². The predicted octanol–water partition coefficient (Wildman–Crippen LogP) is 0.293. The van der Waals surface area contributed by atoms with E-state index in [0.29, 0.717) is 31.6 Å². The molecule has 0 aromatic carbocycles. The molecule has 0 aliphatic carbocycles. The van der Waals surface area contributed by atoms with E-state index in [1.54, 1.807) is 17.2 Å². The molecule has 1 fully saturated rings. The highest BCUT2D eigenvalue weighted by Crippen LogP contribution is 2.29. The van der Waals surface area contributed by atoms with Crippen molar-refractivity contribution in [1.82, 2.24) is 14.6 Å². The van der Waals surface area contributed by atoms with Gasteiger partial charge in [-0.15, -0.1) is 0 Å². The van der Waals surface area contributed by atoms with Crippen LogP contribution >= 0.6 is 0 Å². The van der Waals surface area contributed by atoms with Gasteiger partial charge in [-0.05, 0) is 30.9 Å². The van der Waals surface area contributed by atoms with Crippen molar-refractivity contribution in [3.8, 4) is 0 Å². The molecule has 1 aromatic rings. The first-order valence-electron chi connectivity index (χ1n) is 7.68. The van der Waals surface area contributed by atoms with Gasteiger partial charge < -0.3 is 10.0 Å². The zero-order valence-corrected chi connectivity index (χ0v) is 14.0. The maximum atomic E-state index is 12.0. The molecular weight excluding hydrogens is 318 g/mol. The van der Waals surface area contributed by atoms with Crippen molar-refractivity contribution in [3.05, 3.63) is 30.1 Å². The Kier molecular flexibility index (Phi) is 6.09. The number of sulfonamides is 1. The van der Waals surface area contributed by atoms with Gasteiger partial charge in [-0.3, -0.25) is 9.78 Å². The number of carbonyl (C=O) groups excluding carboxylic acids is 1. The topological polar surface area (TPSA) is 99.6 Å². The summed E-state index contributed by atoms with van der Waals surface area (Å²) in [4.78, 5) is 18.0. The first-order chi connectivity index (χ1) is 10.9. The number of nitrogens with one attached hydrogen (secondary N) is 1. The minimum atomic E-state index is -3.26. The Morgan fingerprint density at radius 1 is 1.43 bits per heavy atom. The summed E-state index contributed by atoms with van der Waals surface area (Å²) in [6.45, 7) is 1.27. The Balaban J connectivity index is 1.78. The van der Waals surface area contributed by atoms with Gasteiger partial charge in [0.05, 0.1) is 18.1 Å². The standard InChI is InChI=1S/C15H23N3O4S/c1-23(21,22)17-9-5-14(19)18-10-6-12(7-11-18)15(20)13-4-2-3-8-16-13/h2-4,8,12,15,17,20H,5-7,9-11H2,1H3/t15-/m0/s1. The number of amides is 1. The molecule has 1 aliphatic heterocycles. The largest absolute Gasteiger partial charge is 0.387 e. The highest BCUT2D eigenvalue weighted by Gasteiger charge is 2.28. The second kappa shape index (κ2) is 7.85. The lowest BCUT2D eigenvalue weighted by molar-refractivity contribution is -0.133. The molecule has 2 rings (SSSR count). The van der Waals surface area contributed by atoms with E-state index in [2.05, 4.69) is 9.71 Å². The van der Waals surface area contributed by atoms with Crippen molar-refractivity contribution in [1.29, 1.82) is 0 Å². The number of carbonyl (C=O) groups is 1. The molecule has 1 atom stereocenters. The number of piperidine rings is 1. The summed E-state index contributed by atoms with van der Waals surface area (Å²) >= 11 is 0. The average molecular weight is 341 g/mol.